The molecule has 184 valence electrons. The monoisotopic (exact) mass is 484 g/mol. The minimum absolute atomic E-state index is 0.0837. The van der Waals surface area contributed by atoms with Crippen LogP contribution in [-0.4, -0.2) is 51.9 Å². The molecule has 1 saturated carbocycles. The number of ether oxygens (including phenoxy) is 1. The highest BCUT2D eigenvalue weighted by Crippen LogP contribution is 2.48. The van der Waals surface area contributed by atoms with Crippen molar-refractivity contribution in [2.75, 3.05) is 19.7 Å². The number of carbonyl (C=O) groups excluding carboxylic acids is 1. The topological polar surface area (TPSA) is 112 Å². The number of fused-ring (bicyclic) bond motifs is 2. The van der Waals surface area contributed by atoms with E-state index in [4.69, 9.17) is 9.26 Å². The number of aliphatic hydroxyl groups is 1. The summed E-state index contributed by atoms with van der Waals surface area (Å²) in [7, 11) is 0. The quantitative estimate of drug-likeness (QED) is 0.582. The van der Waals surface area contributed by atoms with Crippen LogP contribution in [0.3, 0.4) is 0 Å². The van der Waals surface area contributed by atoms with Gasteiger partial charge in [0.1, 0.15) is 18.4 Å². The number of hydrogen-bond donors (Lipinski definition) is 1. The van der Waals surface area contributed by atoms with Crippen LogP contribution in [0.1, 0.15) is 55.2 Å². The number of nitrogens with zero attached hydrogens (tertiary/aromatic N) is 4. The molecule has 3 aromatic rings. The third kappa shape index (κ3) is 3.84. The fourth-order valence-corrected chi connectivity index (χ4v) is 6.16. The molecule has 1 amide bonds. The molecule has 1 spiro atoms. The Hall–Kier alpha value is -3.70. The Kier molecular flexibility index (Phi) is 5.73. The smallest absolute Gasteiger partial charge is 0.258 e. The molecule has 6 rings (SSSR count). The van der Waals surface area contributed by atoms with Gasteiger partial charge in [0.2, 0.25) is 11.7 Å². The Morgan fingerprint density at radius 3 is 2.92 bits per heavy atom. The molecule has 2 heterocycles. The van der Waals surface area contributed by atoms with Gasteiger partial charge in [0.25, 0.3) is 5.89 Å². The average Bonchev–Trinajstić information content (AvgIpc) is 3.72. The minimum Gasteiger partial charge on any atom is -0.489 e. The fraction of sp³-hybridized carbons (Fsp3) is 0.429. The van der Waals surface area contributed by atoms with E-state index >= 15 is 0 Å². The van der Waals surface area contributed by atoms with Gasteiger partial charge in [-0.05, 0) is 74.3 Å². The number of amides is 1. The first-order valence-corrected chi connectivity index (χ1v) is 12.7. The first-order chi connectivity index (χ1) is 17.6. The molecule has 1 N–H and O–H groups in total. The number of aliphatic hydroxyl groups excluding tert-OH is 1. The summed E-state index contributed by atoms with van der Waals surface area (Å²) in [6, 6.07) is 13.8. The van der Waals surface area contributed by atoms with Gasteiger partial charge in [-0.15, -0.1) is 0 Å². The molecule has 36 heavy (non-hydrogen) atoms. The zero-order chi connectivity index (χ0) is 24.7. The van der Waals surface area contributed by atoms with Crippen molar-refractivity contribution < 1.29 is 19.2 Å². The molecular formula is C28H28N4O4. The van der Waals surface area contributed by atoms with Crippen molar-refractivity contribution in [3.05, 3.63) is 53.1 Å². The van der Waals surface area contributed by atoms with E-state index < -0.39 is 6.61 Å². The summed E-state index contributed by atoms with van der Waals surface area (Å²) in [5.41, 5.74) is 4.43. The van der Waals surface area contributed by atoms with Crippen molar-refractivity contribution in [3.63, 3.8) is 0 Å². The van der Waals surface area contributed by atoms with Crippen molar-refractivity contribution in [2.24, 2.45) is 0 Å². The van der Waals surface area contributed by atoms with E-state index in [0.717, 1.165) is 37.7 Å². The molecule has 2 aliphatic carbocycles. The van der Waals surface area contributed by atoms with Crippen LogP contribution in [-0.2, 0) is 16.6 Å². The van der Waals surface area contributed by atoms with E-state index in [1.54, 1.807) is 11.0 Å². The fourth-order valence-electron chi connectivity index (χ4n) is 6.16. The summed E-state index contributed by atoms with van der Waals surface area (Å²) >= 11 is 0. The first kappa shape index (κ1) is 22.7. The van der Waals surface area contributed by atoms with Crippen LogP contribution in [0.25, 0.3) is 22.8 Å². The van der Waals surface area contributed by atoms with E-state index in [2.05, 4.69) is 22.3 Å². The standard InChI is InChI=1S/C28H28N4O4/c29-15-19-14-18(8-9-24(19)35-20-4-1-2-5-20)27-30-26(31-36-27)22-6-3-7-23-21(22)10-11-28(23)12-13-32(17-28)25(34)16-33/h3,6-9,14,20,33H,1-2,4-5,10-13,16-17H2. The third-order valence-corrected chi connectivity index (χ3v) is 8.05. The van der Waals surface area contributed by atoms with Gasteiger partial charge in [0.15, 0.2) is 0 Å². The molecular weight excluding hydrogens is 456 g/mol. The zero-order valence-electron chi connectivity index (χ0n) is 20.1. The molecule has 8 heteroatoms. The van der Waals surface area contributed by atoms with Gasteiger partial charge in [0.05, 0.1) is 11.7 Å². The number of aromatic nitrogens is 2. The van der Waals surface area contributed by atoms with Gasteiger partial charge in [-0.25, -0.2) is 0 Å². The highest BCUT2D eigenvalue weighted by Gasteiger charge is 2.46. The molecule has 2 fully saturated rings. The highest BCUT2D eigenvalue weighted by atomic mass is 16.5. The molecule has 8 nitrogen and oxygen atoms in total. The second-order valence-corrected chi connectivity index (χ2v) is 10.1. The predicted octanol–water partition coefficient (Wildman–Crippen LogP) is 4.01. The number of rotatable bonds is 5. The van der Waals surface area contributed by atoms with Crippen LogP contribution < -0.4 is 4.74 Å². The lowest BCUT2D eigenvalue weighted by atomic mass is 9.81. The molecule has 1 atom stereocenters. The predicted molar refractivity (Wildman–Crippen MR) is 131 cm³/mol. The Morgan fingerprint density at radius 1 is 1.25 bits per heavy atom. The lowest BCUT2D eigenvalue weighted by Gasteiger charge is -2.25. The lowest BCUT2D eigenvalue weighted by Crippen LogP contribution is -2.34. The van der Waals surface area contributed by atoms with Crippen LogP contribution in [0.4, 0.5) is 0 Å². The van der Waals surface area contributed by atoms with Gasteiger partial charge < -0.3 is 19.3 Å². The molecule has 1 aliphatic heterocycles. The highest BCUT2D eigenvalue weighted by molar-refractivity contribution is 5.78. The van der Waals surface area contributed by atoms with E-state index in [1.165, 1.54) is 24.0 Å². The molecule has 1 aromatic heterocycles. The summed E-state index contributed by atoms with van der Waals surface area (Å²) in [4.78, 5) is 18.5. The van der Waals surface area contributed by atoms with Crippen molar-refractivity contribution >= 4 is 5.91 Å². The Bertz CT molecular complexity index is 1350. The number of carbonyl (C=O) groups is 1. The van der Waals surface area contributed by atoms with Crippen LogP contribution in [0.15, 0.2) is 40.9 Å². The molecule has 3 aliphatic rings. The number of likely N-dealkylation sites (tertiary alicyclic amines) is 1. The largest absolute Gasteiger partial charge is 0.489 e. The number of benzene rings is 2. The van der Waals surface area contributed by atoms with Crippen LogP contribution in [0.2, 0.25) is 0 Å². The Balaban J connectivity index is 1.27. The number of nitriles is 1. The maximum atomic E-state index is 12.1. The second-order valence-electron chi connectivity index (χ2n) is 10.1. The summed E-state index contributed by atoms with van der Waals surface area (Å²) in [5.74, 6) is 1.27. The van der Waals surface area contributed by atoms with E-state index in [1.807, 2.05) is 24.3 Å². The maximum Gasteiger partial charge on any atom is 0.258 e. The summed E-state index contributed by atoms with van der Waals surface area (Å²) < 4.78 is 11.7. The SMILES string of the molecule is N#Cc1cc(-c2nc(-c3cccc4c3CCC43CCN(C(=O)CO)C3)no2)ccc1OC1CCCC1. The van der Waals surface area contributed by atoms with Crippen molar-refractivity contribution in [2.45, 2.75) is 56.5 Å². The van der Waals surface area contributed by atoms with Crippen molar-refractivity contribution in [1.29, 1.82) is 5.26 Å². The third-order valence-electron chi connectivity index (χ3n) is 8.05. The Morgan fingerprint density at radius 2 is 2.11 bits per heavy atom. The minimum atomic E-state index is -0.449. The van der Waals surface area contributed by atoms with Gasteiger partial charge in [0, 0.05) is 29.6 Å². The average molecular weight is 485 g/mol. The van der Waals surface area contributed by atoms with Gasteiger partial charge >= 0.3 is 0 Å². The van der Waals surface area contributed by atoms with Gasteiger partial charge in [-0.2, -0.15) is 10.2 Å². The molecule has 0 radical (unpaired) electrons. The second kappa shape index (κ2) is 9.07. The number of hydrogen-bond acceptors (Lipinski definition) is 7. The summed E-state index contributed by atoms with van der Waals surface area (Å²) in [6.45, 7) is 0.847. The molecule has 2 aromatic carbocycles. The first-order valence-electron chi connectivity index (χ1n) is 12.7. The van der Waals surface area contributed by atoms with Crippen LogP contribution >= 0.6 is 0 Å². The molecule has 1 saturated heterocycles. The van der Waals surface area contributed by atoms with Crippen molar-refractivity contribution in [3.8, 4) is 34.7 Å². The lowest BCUT2D eigenvalue weighted by molar-refractivity contribution is -0.133. The normalized spacial score (nSPS) is 21.2. The van der Waals surface area contributed by atoms with Gasteiger partial charge in [-0.3, -0.25) is 4.79 Å². The van der Waals surface area contributed by atoms with Crippen molar-refractivity contribution in [1.82, 2.24) is 15.0 Å². The molecule has 0 bridgehead atoms. The summed E-state index contributed by atoms with van der Waals surface area (Å²) in [5, 5.41) is 23.2. The van der Waals surface area contributed by atoms with Crippen LogP contribution in [0.5, 0.6) is 5.75 Å². The van der Waals surface area contributed by atoms with E-state index in [-0.39, 0.29) is 17.4 Å². The van der Waals surface area contributed by atoms with Crippen LogP contribution in [0, 0.1) is 11.3 Å². The maximum absolute atomic E-state index is 12.1. The zero-order valence-corrected chi connectivity index (χ0v) is 20.1. The van der Waals surface area contributed by atoms with E-state index in [0.29, 0.717) is 41.7 Å². The molecule has 1 unspecified atom stereocenters. The summed E-state index contributed by atoms with van der Waals surface area (Å²) in [6.07, 6.45) is 7.28. The Labute approximate surface area is 209 Å². The van der Waals surface area contributed by atoms with Gasteiger partial charge in [-0.1, -0.05) is 23.4 Å². The van der Waals surface area contributed by atoms with E-state index in [9.17, 15) is 15.2 Å².